The van der Waals surface area contributed by atoms with E-state index < -0.39 is 11.2 Å². The fraction of sp³-hybridized carbons (Fsp3) is 0.333. The lowest BCUT2D eigenvalue weighted by Gasteiger charge is -2.17. The number of imidazole rings is 1. The molecule has 126 valence electrons. The van der Waals surface area contributed by atoms with E-state index in [-0.39, 0.29) is 23.6 Å². The number of fused-ring (bicyclic) bond motifs is 1. The molecule has 0 N–H and O–H groups in total. The quantitative estimate of drug-likeness (QED) is 0.673. The number of thiophene rings is 1. The summed E-state index contributed by atoms with van der Waals surface area (Å²) in [5, 5.41) is 3.95. The fourth-order valence-electron chi connectivity index (χ4n) is 2.53. The van der Waals surface area contributed by atoms with Crippen LogP contribution in [0.2, 0.25) is 0 Å². The number of aryl methyl sites for hydroxylation is 1. The molecule has 0 fully saturated rings. The number of hydrogen-bond donors (Lipinski definition) is 0. The highest BCUT2D eigenvalue weighted by Crippen LogP contribution is 2.10. The summed E-state index contributed by atoms with van der Waals surface area (Å²) in [5.74, 6) is -0.142. The molecule has 1 amide bonds. The predicted molar refractivity (Wildman–Crippen MR) is 91.0 cm³/mol. The summed E-state index contributed by atoms with van der Waals surface area (Å²) in [5.41, 5.74) is 0.676. The maximum Gasteiger partial charge on any atom is 0.332 e. The Morgan fingerprint density at radius 1 is 1.29 bits per heavy atom. The van der Waals surface area contributed by atoms with Crippen molar-refractivity contribution in [3.8, 4) is 0 Å². The van der Waals surface area contributed by atoms with Gasteiger partial charge in [-0.05, 0) is 22.4 Å². The summed E-state index contributed by atoms with van der Waals surface area (Å²) in [6.45, 7) is 0.496. The number of carbonyl (C=O) groups excluding carboxylic acids is 1. The van der Waals surface area contributed by atoms with E-state index in [1.165, 1.54) is 22.5 Å². The first-order chi connectivity index (χ1) is 11.4. The van der Waals surface area contributed by atoms with Gasteiger partial charge in [-0.1, -0.05) is 0 Å². The van der Waals surface area contributed by atoms with Crippen molar-refractivity contribution in [1.29, 1.82) is 0 Å². The largest absolute Gasteiger partial charge is 0.340 e. The minimum Gasteiger partial charge on any atom is -0.340 e. The SMILES string of the molecule is CN(Cc1ccsc1)C(=O)Cn1cnc2c1c(=O)n(C)c(=O)n2C. The monoisotopic (exact) mass is 347 g/mol. The van der Waals surface area contributed by atoms with E-state index in [2.05, 4.69) is 4.98 Å². The Kier molecular flexibility index (Phi) is 4.10. The number of likely N-dealkylation sites (N-methyl/N-ethyl adjacent to an activating group) is 1. The number of hydrogen-bond acceptors (Lipinski definition) is 5. The zero-order valence-electron chi connectivity index (χ0n) is 13.6. The standard InChI is InChI=1S/C15H17N5O3S/c1-17(6-10-4-5-24-8-10)11(21)7-20-9-16-13-12(20)14(22)19(3)15(23)18(13)2/h4-5,8-9H,6-7H2,1-3H3. The molecular weight excluding hydrogens is 330 g/mol. The fourth-order valence-corrected chi connectivity index (χ4v) is 3.19. The lowest BCUT2D eigenvalue weighted by Crippen LogP contribution is -2.38. The summed E-state index contributed by atoms with van der Waals surface area (Å²) in [6.07, 6.45) is 1.42. The maximum atomic E-state index is 12.4. The topological polar surface area (TPSA) is 82.1 Å². The molecule has 0 bridgehead atoms. The molecule has 8 nitrogen and oxygen atoms in total. The highest BCUT2D eigenvalue weighted by atomic mass is 32.1. The van der Waals surface area contributed by atoms with Crippen molar-refractivity contribution < 1.29 is 4.79 Å². The highest BCUT2D eigenvalue weighted by molar-refractivity contribution is 7.07. The molecular formula is C15H17N5O3S. The van der Waals surface area contributed by atoms with Crippen molar-refractivity contribution in [3.63, 3.8) is 0 Å². The van der Waals surface area contributed by atoms with Crippen LogP contribution in [-0.4, -0.2) is 36.5 Å². The first-order valence-electron chi connectivity index (χ1n) is 7.26. The Labute approximate surface area is 141 Å². The molecule has 3 aromatic heterocycles. The van der Waals surface area contributed by atoms with E-state index in [1.54, 1.807) is 30.3 Å². The van der Waals surface area contributed by atoms with Gasteiger partial charge in [-0.2, -0.15) is 11.3 Å². The van der Waals surface area contributed by atoms with E-state index >= 15 is 0 Å². The molecule has 0 radical (unpaired) electrons. The Bertz CT molecular complexity index is 1010. The van der Waals surface area contributed by atoms with Crippen molar-refractivity contribution in [1.82, 2.24) is 23.6 Å². The van der Waals surface area contributed by atoms with E-state index in [0.717, 1.165) is 10.1 Å². The second kappa shape index (κ2) is 6.08. The first kappa shape index (κ1) is 16.2. The van der Waals surface area contributed by atoms with Gasteiger partial charge in [-0.3, -0.25) is 18.7 Å². The molecule has 0 aliphatic heterocycles. The van der Waals surface area contributed by atoms with E-state index in [9.17, 15) is 14.4 Å². The van der Waals surface area contributed by atoms with Crippen LogP contribution in [-0.2, 0) is 32.0 Å². The third kappa shape index (κ3) is 2.67. The molecule has 3 rings (SSSR count). The van der Waals surface area contributed by atoms with Gasteiger partial charge in [0.25, 0.3) is 5.56 Å². The number of carbonyl (C=O) groups is 1. The van der Waals surface area contributed by atoms with Crippen LogP contribution < -0.4 is 11.2 Å². The molecule has 9 heteroatoms. The van der Waals surface area contributed by atoms with Crippen LogP contribution in [0.1, 0.15) is 5.56 Å². The molecule has 24 heavy (non-hydrogen) atoms. The predicted octanol–water partition coefficient (Wildman–Crippen LogP) is 0.154. The van der Waals surface area contributed by atoms with Crippen LogP contribution in [0.25, 0.3) is 11.2 Å². The van der Waals surface area contributed by atoms with Crippen LogP contribution in [0, 0.1) is 0 Å². The van der Waals surface area contributed by atoms with Crippen LogP contribution in [0.5, 0.6) is 0 Å². The third-order valence-electron chi connectivity index (χ3n) is 3.95. The lowest BCUT2D eigenvalue weighted by atomic mass is 10.3. The third-order valence-corrected chi connectivity index (χ3v) is 4.68. The number of aromatic nitrogens is 4. The summed E-state index contributed by atoms with van der Waals surface area (Å²) in [4.78, 5) is 42.4. The summed E-state index contributed by atoms with van der Waals surface area (Å²) in [6, 6.07) is 1.96. The molecule has 0 unspecified atom stereocenters. The van der Waals surface area contributed by atoms with Crippen molar-refractivity contribution >= 4 is 28.4 Å². The second-order valence-corrected chi connectivity index (χ2v) is 6.41. The van der Waals surface area contributed by atoms with Gasteiger partial charge in [0.2, 0.25) is 5.91 Å². The van der Waals surface area contributed by atoms with Gasteiger partial charge in [-0.15, -0.1) is 0 Å². The zero-order valence-corrected chi connectivity index (χ0v) is 14.4. The molecule has 0 spiro atoms. The van der Waals surface area contributed by atoms with E-state index in [4.69, 9.17) is 0 Å². The summed E-state index contributed by atoms with van der Waals surface area (Å²) >= 11 is 1.58. The molecule has 0 aliphatic carbocycles. The van der Waals surface area contributed by atoms with Gasteiger partial charge in [-0.25, -0.2) is 9.78 Å². The van der Waals surface area contributed by atoms with Gasteiger partial charge >= 0.3 is 5.69 Å². The van der Waals surface area contributed by atoms with Gasteiger partial charge in [0.05, 0.1) is 6.33 Å². The molecule has 3 heterocycles. The lowest BCUT2D eigenvalue weighted by molar-refractivity contribution is -0.131. The van der Waals surface area contributed by atoms with Gasteiger partial charge in [0, 0.05) is 27.7 Å². The smallest absolute Gasteiger partial charge is 0.332 e. The minimum absolute atomic E-state index is 0.00934. The number of nitrogens with zero attached hydrogens (tertiary/aromatic N) is 5. The molecule has 0 saturated heterocycles. The average molecular weight is 347 g/mol. The van der Waals surface area contributed by atoms with Crippen LogP contribution in [0.4, 0.5) is 0 Å². The molecule has 0 aliphatic rings. The van der Waals surface area contributed by atoms with Gasteiger partial charge in [0.15, 0.2) is 11.2 Å². The van der Waals surface area contributed by atoms with Gasteiger partial charge < -0.3 is 9.47 Å². The van der Waals surface area contributed by atoms with Crippen molar-refractivity contribution in [3.05, 3.63) is 49.6 Å². The Hall–Kier alpha value is -2.68. The Morgan fingerprint density at radius 2 is 2.04 bits per heavy atom. The molecule has 3 aromatic rings. The van der Waals surface area contributed by atoms with Crippen molar-refractivity contribution in [2.75, 3.05) is 7.05 Å². The van der Waals surface area contributed by atoms with E-state index in [1.807, 2.05) is 16.8 Å². The van der Waals surface area contributed by atoms with Gasteiger partial charge in [0.1, 0.15) is 6.54 Å². The zero-order chi connectivity index (χ0) is 17.4. The maximum absolute atomic E-state index is 12.4. The van der Waals surface area contributed by atoms with Crippen molar-refractivity contribution in [2.24, 2.45) is 14.1 Å². The summed E-state index contributed by atoms with van der Waals surface area (Å²) < 4.78 is 3.80. The summed E-state index contributed by atoms with van der Waals surface area (Å²) in [7, 11) is 4.67. The van der Waals surface area contributed by atoms with E-state index in [0.29, 0.717) is 6.54 Å². The van der Waals surface area contributed by atoms with Crippen LogP contribution >= 0.6 is 11.3 Å². The van der Waals surface area contributed by atoms with Crippen LogP contribution in [0.3, 0.4) is 0 Å². The number of rotatable bonds is 4. The second-order valence-electron chi connectivity index (χ2n) is 5.63. The van der Waals surface area contributed by atoms with Crippen LogP contribution in [0.15, 0.2) is 32.7 Å². The Morgan fingerprint density at radius 3 is 2.71 bits per heavy atom. The Balaban J connectivity index is 1.92. The normalized spacial score (nSPS) is 11.1. The molecule has 0 aromatic carbocycles. The molecule has 0 atom stereocenters. The minimum atomic E-state index is -0.459. The average Bonchev–Trinajstić information content (AvgIpc) is 3.20. The van der Waals surface area contributed by atoms with Crippen molar-refractivity contribution in [2.45, 2.75) is 13.1 Å². The molecule has 0 saturated carbocycles. The first-order valence-corrected chi connectivity index (χ1v) is 8.20. The highest BCUT2D eigenvalue weighted by Gasteiger charge is 2.17. The number of amides is 1.